The van der Waals surface area contributed by atoms with Crippen LogP contribution in [0.3, 0.4) is 0 Å². The van der Waals surface area contributed by atoms with Crippen molar-refractivity contribution in [3.63, 3.8) is 0 Å². The van der Waals surface area contributed by atoms with E-state index in [0.717, 1.165) is 24.0 Å². The van der Waals surface area contributed by atoms with Gasteiger partial charge in [0, 0.05) is 29.6 Å². The molecule has 314 valence electrons. The average molecular weight is 806 g/mol. The number of nitrogens with two attached hydrogens (primary N) is 1. The van der Waals surface area contributed by atoms with Gasteiger partial charge in [-0.3, -0.25) is 34.1 Å². The van der Waals surface area contributed by atoms with Crippen LogP contribution in [-0.2, 0) is 33.5 Å². The fourth-order valence-electron chi connectivity index (χ4n) is 7.22. The Kier molecular flexibility index (Phi) is 17.3. The Morgan fingerprint density at radius 3 is 2.17 bits per heavy atom. The van der Waals surface area contributed by atoms with Crippen LogP contribution in [0.4, 0.5) is 10.5 Å². The molecule has 2 aromatic rings. The van der Waals surface area contributed by atoms with E-state index in [2.05, 4.69) is 26.6 Å². The van der Waals surface area contributed by atoms with E-state index in [1.807, 2.05) is 13.8 Å². The first-order valence-electron chi connectivity index (χ1n) is 20.0. The molecule has 17 nitrogen and oxygen atoms in total. The maximum atomic E-state index is 14.5. The maximum absolute atomic E-state index is 14.5. The highest BCUT2D eigenvalue weighted by atomic mass is 16.5. The van der Waals surface area contributed by atoms with Crippen molar-refractivity contribution < 1.29 is 43.1 Å². The molecule has 0 bridgehead atoms. The highest BCUT2D eigenvalue weighted by molar-refractivity contribution is 6.38. The lowest BCUT2D eigenvalue weighted by Gasteiger charge is -2.34. The molecule has 4 rings (SSSR count). The highest BCUT2D eigenvalue weighted by Crippen LogP contribution is 2.30. The van der Waals surface area contributed by atoms with E-state index in [1.54, 1.807) is 67.6 Å². The molecule has 1 heterocycles. The van der Waals surface area contributed by atoms with Crippen LogP contribution < -0.4 is 32.3 Å². The number of carbonyl (C=O) groups is 7. The predicted octanol–water partition coefficient (Wildman–Crippen LogP) is 2.26. The molecule has 2 aliphatic rings. The molecule has 1 saturated carbocycles. The number of amides is 6. The van der Waals surface area contributed by atoms with Gasteiger partial charge >= 0.3 is 6.09 Å². The molecule has 1 saturated heterocycles. The number of carbonyl (C=O) groups excluding carboxylic acids is 7. The number of nitrogens with one attached hydrogen (secondary N) is 5. The summed E-state index contributed by atoms with van der Waals surface area (Å²) < 4.78 is 6.13. The van der Waals surface area contributed by atoms with E-state index in [9.17, 15) is 38.5 Å². The molecule has 6 amide bonds. The van der Waals surface area contributed by atoms with Gasteiger partial charge in [0.2, 0.25) is 29.4 Å². The van der Waals surface area contributed by atoms with Crippen LogP contribution in [0.2, 0.25) is 0 Å². The maximum Gasteiger partial charge on any atom is 0.407 e. The van der Waals surface area contributed by atoms with E-state index >= 15 is 0 Å². The zero-order valence-electron chi connectivity index (χ0n) is 33.4. The van der Waals surface area contributed by atoms with Crippen LogP contribution in [0.15, 0.2) is 60.7 Å². The molecule has 1 aliphatic heterocycles. The Morgan fingerprint density at radius 2 is 1.55 bits per heavy atom. The van der Waals surface area contributed by atoms with Gasteiger partial charge < -0.3 is 36.6 Å². The summed E-state index contributed by atoms with van der Waals surface area (Å²) in [5.74, 6) is -5.08. The van der Waals surface area contributed by atoms with Gasteiger partial charge in [0.15, 0.2) is 0 Å². The van der Waals surface area contributed by atoms with Gasteiger partial charge in [-0.2, -0.15) is 0 Å². The molecule has 0 radical (unpaired) electrons. The quantitative estimate of drug-likeness (QED) is 0.0649. The number of hydrogen-bond donors (Lipinski definition) is 6. The van der Waals surface area contributed by atoms with Crippen molar-refractivity contribution in [1.82, 2.24) is 31.5 Å². The number of nitroso groups, excluding NO2 is 1. The average Bonchev–Trinajstić information content (AvgIpc) is 3.67. The number of ketones is 1. The number of primary amides is 1. The summed E-state index contributed by atoms with van der Waals surface area (Å²) in [6.07, 6.45) is 3.89. The minimum atomic E-state index is -1.30. The van der Waals surface area contributed by atoms with E-state index in [4.69, 9.17) is 10.5 Å². The monoisotopic (exact) mass is 805 g/mol. The molecular formula is C41H57N8O9+. The largest absolute Gasteiger partial charge is 0.449 e. The minimum Gasteiger partial charge on any atom is -0.449 e. The normalized spacial score (nSPS) is 18.3. The molecule has 58 heavy (non-hydrogen) atoms. The van der Waals surface area contributed by atoms with Gasteiger partial charge in [-0.05, 0) is 43.1 Å². The summed E-state index contributed by atoms with van der Waals surface area (Å²) in [7, 11) is 0. The van der Waals surface area contributed by atoms with Gasteiger partial charge in [-0.25, -0.2) is 4.79 Å². The number of rotatable bonds is 20. The zero-order valence-corrected chi connectivity index (χ0v) is 33.4. The van der Waals surface area contributed by atoms with Gasteiger partial charge in [0.1, 0.15) is 18.1 Å². The first kappa shape index (κ1) is 45.0. The Balaban J connectivity index is 1.49. The van der Waals surface area contributed by atoms with Crippen molar-refractivity contribution in [2.24, 2.45) is 17.6 Å². The van der Waals surface area contributed by atoms with Crippen LogP contribution in [0.1, 0.15) is 83.7 Å². The second-order valence-corrected chi connectivity index (χ2v) is 15.2. The Bertz CT molecular complexity index is 1750. The van der Waals surface area contributed by atoms with Crippen LogP contribution >= 0.6 is 0 Å². The SMILES string of the molecule is CCCC(NC(=O)C1C[C@@H](NC[N+](=O)c2ccccc2)CN1C(=O)[C@@H](NC(=O)OCC(C)C)C1CCCCC1)C(=O)C(=O)NCC(=O)N[C@H](C(N)=O)c1ccccc1. The van der Waals surface area contributed by atoms with Gasteiger partial charge in [0.25, 0.3) is 18.3 Å². The number of nitrogens with zero attached hydrogens (tertiary/aromatic N) is 2. The number of para-hydroxylation sites is 1. The standard InChI is InChI=1S/C41H56N8O9/c1-4-14-31(36(51)39(54)43-22-33(50)46-34(37(42)52)27-15-8-5-9-16-27)45-38(53)32-21-29(44-25-49(57)30-19-12-7-13-20-30)23-48(32)40(55)35(28-17-10-6-11-18-28)47-41(56)58-24-26(2)3/h5,7-9,12-13,15-16,19-20,26,28-29,31-32,34-35,44H,4,6,10-11,14,17-18,21-25H2,1-3H3,(H5-,42,43,45,46,47,50,52,53,54,56)/p+1/t29-,31?,32?,34+,35+/m1/s1. The third-order valence-corrected chi connectivity index (χ3v) is 10.2. The fourth-order valence-corrected chi connectivity index (χ4v) is 7.22. The lowest BCUT2D eigenvalue weighted by atomic mass is 9.83. The second kappa shape index (κ2) is 22.3. The van der Waals surface area contributed by atoms with Crippen LogP contribution in [0.25, 0.3) is 0 Å². The van der Waals surface area contributed by atoms with Crippen LogP contribution in [0.5, 0.6) is 0 Å². The van der Waals surface area contributed by atoms with Crippen molar-refractivity contribution in [2.45, 2.75) is 102 Å². The minimum absolute atomic E-state index is 0.0166. The molecule has 2 fully saturated rings. The van der Waals surface area contributed by atoms with E-state index in [1.165, 1.54) is 4.90 Å². The number of likely N-dealkylation sites (tertiary alicyclic amines) is 1. The smallest absolute Gasteiger partial charge is 0.407 e. The molecule has 0 aromatic heterocycles. The van der Waals surface area contributed by atoms with E-state index in [0.29, 0.717) is 30.5 Å². The molecule has 7 N–H and O–H groups in total. The highest BCUT2D eigenvalue weighted by Gasteiger charge is 2.45. The first-order valence-corrected chi connectivity index (χ1v) is 20.0. The second-order valence-electron chi connectivity index (χ2n) is 15.2. The van der Waals surface area contributed by atoms with Crippen molar-refractivity contribution in [3.8, 4) is 0 Å². The summed E-state index contributed by atoms with van der Waals surface area (Å²) in [6.45, 7) is 4.91. The number of alkyl carbamates (subject to hydrolysis) is 1. The summed E-state index contributed by atoms with van der Waals surface area (Å²) in [4.78, 5) is 107. The lowest BCUT2D eigenvalue weighted by molar-refractivity contribution is -0.469. The molecule has 2 unspecified atom stereocenters. The van der Waals surface area contributed by atoms with Crippen molar-refractivity contribution >= 4 is 47.1 Å². The Morgan fingerprint density at radius 1 is 0.897 bits per heavy atom. The summed E-state index contributed by atoms with van der Waals surface area (Å²) in [6, 6.07) is 11.7. The van der Waals surface area contributed by atoms with E-state index in [-0.39, 0.29) is 44.5 Å². The summed E-state index contributed by atoms with van der Waals surface area (Å²) in [5.41, 5.74) is 6.32. The van der Waals surface area contributed by atoms with E-state index < -0.39 is 78.2 Å². The number of ether oxygens (including phenoxy) is 1. The van der Waals surface area contributed by atoms with Crippen molar-refractivity contribution in [3.05, 3.63) is 71.1 Å². The topological polar surface area (TPSA) is 238 Å². The molecule has 1 aliphatic carbocycles. The predicted molar refractivity (Wildman–Crippen MR) is 213 cm³/mol. The number of hydrogen-bond acceptors (Lipinski definition) is 10. The third kappa shape index (κ3) is 13.2. The molecule has 17 heteroatoms. The van der Waals surface area contributed by atoms with Crippen LogP contribution in [-0.4, -0.2) is 102 Å². The molecule has 0 spiro atoms. The summed E-state index contributed by atoms with van der Waals surface area (Å²) in [5, 5.41) is 13.3. The van der Waals surface area contributed by atoms with Gasteiger partial charge in [0.05, 0.1) is 24.0 Å². The zero-order chi connectivity index (χ0) is 42.2. The fraction of sp³-hybridized carbons (Fsp3) is 0.537. The number of benzene rings is 2. The lowest BCUT2D eigenvalue weighted by Crippen LogP contribution is -2.58. The number of Topliss-reactive ketones (excluding diaryl/α,β-unsaturated/α-hetero) is 1. The van der Waals surface area contributed by atoms with Gasteiger partial charge in [-0.1, -0.05) is 95.0 Å². The van der Waals surface area contributed by atoms with Crippen molar-refractivity contribution in [2.75, 3.05) is 26.4 Å². The van der Waals surface area contributed by atoms with Crippen molar-refractivity contribution in [1.29, 1.82) is 0 Å². The molecule has 5 atom stereocenters. The summed E-state index contributed by atoms with van der Waals surface area (Å²) >= 11 is 0. The first-order chi connectivity index (χ1) is 27.8. The molecule has 2 aromatic carbocycles. The Labute approximate surface area is 338 Å². The molecular weight excluding hydrogens is 748 g/mol. The third-order valence-electron chi connectivity index (χ3n) is 10.2. The Hall–Kier alpha value is -5.71. The van der Waals surface area contributed by atoms with Gasteiger partial charge in [-0.15, -0.1) is 0 Å². The van der Waals surface area contributed by atoms with Crippen LogP contribution in [0, 0.1) is 16.7 Å².